The third kappa shape index (κ3) is 4.89. The van der Waals surface area contributed by atoms with Crippen LogP contribution in [0.5, 0.6) is 0 Å². The number of nitrogens with one attached hydrogen (secondary N) is 1. The van der Waals surface area contributed by atoms with Crippen molar-refractivity contribution in [3.8, 4) is 11.4 Å². The molecule has 4 heterocycles. The highest BCUT2D eigenvalue weighted by Gasteiger charge is 2.20. The Morgan fingerprint density at radius 2 is 1.48 bits per heavy atom. The van der Waals surface area contributed by atoms with Crippen LogP contribution >= 0.6 is 0 Å². The van der Waals surface area contributed by atoms with Crippen molar-refractivity contribution in [1.29, 1.82) is 0 Å². The summed E-state index contributed by atoms with van der Waals surface area (Å²) < 4.78 is 3.01. The molecule has 0 saturated carbocycles. The molecule has 0 spiro atoms. The second-order valence-electron chi connectivity index (χ2n) is 6.67. The zero-order valence-corrected chi connectivity index (χ0v) is 18.6. The van der Waals surface area contributed by atoms with Gasteiger partial charge in [-0.25, -0.2) is 19.5 Å². The number of hydrogen-bond donors (Lipinski definition) is 1. The van der Waals surface area contributed by atoms with E-state index in [1.807, 2.05) is 13.8 Å². The molecule has 14 heteroatoms. The van der Waals surface area contributed by atoms with Crippen LogP contribution in [0, 0.1) is 13.8 Å². The van der Waals surface area contributed by atoms with E-state index >= 15 is 0 Å². The number of carbonyl (C=O) groups is 1. The van der Waals surface area contributed by atoms with Crippen molar-refractivity contribution in [3.63, 3.8) is 0 Å². The number of pyridine rings is 2. The first kappa shape index (κ1) is 23.2. The average Bonchev–Trinajstić information content (AvgIpc) is 3.41. The summed E-state index contributed by atoms with van der Waals surface area (Å²) in [6.07, 6.45) is 3.28. The lowest BCUT2D eigenvalue weighted by atomic mass is 10.3. The molecule has 0 bridgehead atoms. The van der Waals surface area contributed by atoms with Crippen LogP contribution in [0.25, 0.3) is 11.4 Å². The van der Waals surface area contributed by atoms with Crippen molar-refractivity contribution in [2.75, 3.05) is 13.1 Å². The molecule has 33 heavy (non-hydrogen) atoms. The second kappa shape index (κ2) is 10.2. The standard InChI is InChI=1S/C12H16N6O2.C7H7N5O/c1-4-16(5-2)11(19)18-12(20)17(14-15-18)10-7-6-8-13-9(10)3;1-5-6(3-2-4-8-5)12-7(13)9-10-11-12/h6-8H,4-5H2,1-3H3;2-4H,1H3,(H,9,11,13). The average molecular weight is 453 g/mol. The summed E-state index contributed by atoms with van der Waals surface area (Å²) >= 11 is 0. The lowest BCUT2D eigenvalue weighted by molar-refractivity contribution is 0.200. The summed E-state index contributed by atoms with van der Waals surface area (Å²) in [6.45, 7) is 8.23. The number of aryl methyl sites for hydroxylation is 2. The van der Waals surface area contributed by atoms with Crippen LogP contribution in [0.4, 0.5) is 4.79 Å². The number of H-pyrrole nitrogens is 1. The van der Waals surface area contributed by atoms with E-state index in [1.54, 1.807) is 50.5 Å². The normalized spacial score (nSPS) is 10.4. The summed E-state index contributed by atoms with van der Waals surface area (Å²) in [5.74, 6) is 0. The van der Waals surface area contributed by atoms with Crippen LogP contribution < -0.4 is 11.4 Å². The highest BCUT2D eigenvalue weighted by Crippen LogP contribution is 2.06. The molecule has 4 rings (SSSR count). The lowest BCUT2D eigenvalue weighted by Crippen LogP contribution is -2.40. The van der Waals surface area contributed by atoms with E-state index in [4.69, 9.17) is 0 Å². The van der Waals surface area contributed by atoms with Gasteiger partial charge in [-0.15, -0.1) is 4.68 Å². The molecular weight excluding hydrogens is 430 g/mol. The predicted molar refractivity (Wildman–Crippen MR) is 116 cm³/mol. The van der Waals surface area contributed by atoms with Gasteiger partial charge in [-0.1, -0.05) is 0 Å². The van der Waals surface area contributed by atoms with Crippen molar-refractivity contribution in [3.05, 3.63) is 69.0 Å². The third-order valence-electron chi connectivity index (χ3n) is 4.68. The Morgan fingerprint density at radius 1 is 0.909 bits per heavy atom. The fraction of sp³-hybridized carbons (Fsp3) is 0.316. The van der Waals surface area contributed by atoms with E-state index < -0.39 is 11.7 Å². The van der Waals surface area contributed by atoms with Gasteiger partial charge in [-0.2, -0.15) is 9.36 Å². The summed E-state index contributed by atoms with van der Waals surface area (Å²) in [7, 11) is 0. The van der Waals surface area contributed by atoms with Gasteiger partial charge < -0.3 is 4.90 Å². The molecule has 1 N–H and O–H groups in total. The molecule has 0 aromatic carbocycles. The molecule has 0 aliphatic carbocycles. The van der Waals surface area contributed by atoms with Crippen molar-refractivity contribution in [2.45, 2.75) is 27.7 Å². The SMILES string of the molecule is CCN(CC)C(=O)n1nnn(-c2cccnc2C)c1=O.Cc1ncccc1-n1nn[nH]c1=O. The summed E-state index contributed by atoms with van der Waals surface area (Å²) in [5.41, 5.74) is 1.56. The van der Waals surface area contributed by atoms with Gasteiger partial charge in [0.2, 0.25) is 0 Å². The maximum absolute atomic E-state index is 12.2. The summed E-state index contributed by atoms with van der Waals surface area (Å²) in [5, 5.41) is 16.6. The molecule has 0 saturated heterocycles. The van der Waals surface area contributed by atoms with Gasteiger partial charge in [0.05, 0.1) is 22.8 Å². The highest BCUT2D eigenvalue weighted by atomic mass is 16.2. The molecule has 1 amide bonds. The molecule has 0 unspecified atom stereocenters. The van der Waals surface area contributed by atoms with Crippen LogP contribution in [0.1, 0.15) is 25.2 Å². The van der Waals surface area contributed by atoms with Crippen molar-refractivity contribution in [1.82, 2.24) is 54.9 Å². The predicted octanol–water partition coefficient (Wildman–Crippen LogP) is 0.101. The Bertz CT molecular complexity index is 1350. The van der Waals surface area contributed by atoms with E-state index in [0.29, 0.717) is 30.2 Å². The van der Waals surface area contributed by atoms with Crippen LogP contribution in [-0.2, 0) is 0 Å². The Labute approximate surface area is 187 Å². The Hall–Kier alpha value is -4.49. The zero-order chi connectivity index (χ0) is 24.0. The maximum Gasteiger partial charge on any atom is 0.377 e. The first-order valence-electron chi connectivity index (χ1n) is 10.1. The summed E-state index contributed by atoms with van der Waals surface area (Å²) in [4.78, 5) is 45.1. The summed E-state index contributed by atoms with van der Waals surface area (Å²) in [6, 6.07) is 6.41. The lowest BCUT2D eigenvalue weighted by Gasteiger charge is -2.16. The Balaban J connectivity index is 0.000000203. The van der Waals surface area contributed by atoms with Crippen molar-refractivity contribution in [2.24, 2.45) is 0 Å². The van der Waals surface area contributed by atoms with Gasteiger partial charge >= 0.3 is 17.4 Å². The number of nitrogens with zero attached hydrogens (tertiary/aromatic N) is 10. The Morgan fingerprint density at radius 3 is 1.97 bits per heavy atom. The smallest absolute Gasteiger partial charge is 0.323 e. The topological polar surface area (TPSA) is 162 Å². The molecule has 14 nitrogen and oxygen atoms in total. The molecule has 4 aromatic heterocycles. The number of tetrazole rings is 2. The Kier molecular flexibility index (Phi) is 7.17. The van der Waals surface area contributed by atoms with Crippen LogP contribution in [0.3, 0.4) is 0 Å². The van der Waals surface area contributed by atoms with Crippen molar-refractivity contribution < 1.29 is 4.79 Å². The molecule has 172 valence electrons. The number of amides is 1. The van der Waals surface area contributed by atoms with E-state index in [0.717, 1.165) is 15.1 Å². The first-order chi connectivity index (χ1) is 15.9. The molecule has 0 aliphatic rings. The fourth-order valence-electron chi connectivity index (χ4n) is 2.90. The fourth-order valence-corrected chi connectivity index (χ4v) is 2.90. The molecule has 4 aromatic rings. The van der Waals surface area contributed by atoms with Gasteiger partial charge in [0.15, 0.2) is 0 Å². The van der Waals surface area contributed by atoms with Gasteiger partial charge in [-0.3, -0.25) is 9.97 Å². The monoisotopic (exact) mass is 453 g/mol. The maximum atomic E-state index is 12.2. The van der Waals surface area contributed by atoms with Gasteiger partial charge in [0.25, 0.3) is 0 Å². The van der Waals surface area contributed by atoms with Crippen LogP contribution in [0.2, 0.25) is 0 Å². The molecule has 0 fully saturated rings. The zero-order valence-electron chi connectivity index (χ0n) is 18.6. The van der Waals surface area contributed by atoms with E-state index in [-0.39, 0.29) is 5.69 Å². The van der Waals surface area contributed by atoms with Crippen LogP contribution in [0.15, 0.2) is 46.2 Å². The molecule has 0 atom stereocenters. The molecule has 0 radical (unpaired) electrons. The minimum Gasteiger partial charge on any atom is -0.323 e. The van der Waals surface area contributed by atoms with E-state index in [2.05, 4.69) is 35.9 Å². The largest absolute Gasteiger partial charge is 0.377 e. The quantitative estimate of drug-likeness (QED) is 0.422. The van der Waals surface area contributed by atoms with Crippen LogP contribution in [-0.4, -0.2) is 74.0 Å². The number of aromatic amines is 1. The van der Waals surface area contributed by atoms with Gasteiger partial charge in [-0.05, 0) is 72.8 Å². The number of hydrogen-bond acceptors (Lipinski definition) is 9. The minimum absolute atomic E-state index is 0.365. The number of aromatic nitrogens is 10. The van der Waals surface area contributed by atoms with E-state index in [9.17, 15) is 14.4 Å². The van der Waals surface area contributed by atoms with E-state index in [1.165, 1.54) is 9.58 Å². The number of rotatable bonds is 4. The molecule has 0 aliphatic heterocycles. The third-order valence-corrected chi connectivity index (χ3v) is 4.68. The first-order valence-corrected chi connectivity index (χ1v) is 10.1. The number of carbonyl (C=O) groups excluding carboxylic acids is 1. The highest BCUT2D eigenvalue weighted by molar-refractivity contribution is 5.75. The second-order valence-corrected chi connectivity index (χ2v) is 6.67. The van der Waals surface area contributed by atoms with Gasteiger partial charge in [0.1, 0.15) is 0 Å². The van der Waals surface area contributed by atoms with Crippen molar-refractivity contribution >= 4 is 6.03 Å². The molecular formula is C19H23N11O3. The minimum atomic E-state index is -0.599. The van der Waals surface area contributed by atoms with Gasteiger partial charge in [0, 0.05) is 25.5 Å².